The Labute approximate surface area is 100 Å². The van der Waals surface area contributed by atoms with Crippen LogP contribution in [0.25, 0.3) is 0 Å². The molecule has 0 amide bonds. The first kappa shape index (κ1) is 12.8. The van der Waals surface area contributed by atoms with E-state index in [4.69, 9.17) is 21.1 Å². The Morgan fingerprint density at radius 1 is 1.19 bits per heavy atom. The molecule has 0 heterocycles. The summed E-state index contributed by atoms with van der Waals surface area (Å²) in [7, 11) is 0. The van der Waals surface area contributed by atoms with Crippen molar-refractivity contribution in [1.82, 2.24) is 0 Å². The lowest BCUT2D eigenvalue weighted by molar-refractivity contribution is -0.117. The molecule has 0 atom stereocenters. The summed E-state index contributed by atoms with van der Waals surface area (Å²) in [5.41, 5.74) is 0. The molecular weight excluding hydrogens is 228 g/mol. The van der Waals surface area contributed by atoms with Gasteiger partial charge in [0.1, 0.15) is 11.5 Å². The maximum Gasteiger partial charge on any atom is 0.150 e. The number of benzene rings is 1. The van der Waals surface area contributed by atoms with E-state index in [0.717, 1.165) is 11.5 Å². The van der Waals surface area contributed by atoms with Crippen LogP contribution in [0.15, 0.2) is 24.3 Å². The number of ketones is 1. The van der Waals surface area contributed by atoms with Gasteiger partial charge >= 0.3 is 0 Å². The molecule has 0 bridgehead atoms. The minimum atomic E-state index is -0.00685. The highest BCUT2D eigenvalue weighted by atomic mass is 35.5. The number of Topliss-reactive ketones (excluding diaryl/α,β-unsaturated/α-hetero) is 1. The number of hydrogen-bond donors (Lipinski definition) is 0. The molecule has 0 aliphatic carbocycles. The van der Waals surface area contributed by atoms with E-state index in [1.165, 1.54) is 0 Å². The SMILES string of the molecule is CCOc1ccc(OCCC(=O)CCl)cc1. The number of halogens is 1. The fourth-order valence-electron chi connectivity index (χ4n) is 1.15. The Hall–Kier alpha value is -1.22. The Morgan fingerprint density at radius 3 is 2.25 bits per heavy atom. The van der Waals surface area contributed by atoms with E-state index in [1.54, 1.807) is 0 Å². The molecule has 1 rings (SSSR count). The smallest absolute Gasteiger partial charge is 0.150 e. The molecule has 0 aromatic heterocycles. The first-order valence-electron chi connectivity index (χ1n) is 5.19. The molecule has 1 aromatic rings. The van der Waals surface area contributed by atoms with Crippen molar-refractivity contribution in [1.29, 1.82) is 0 Å². The van der Waals surface area contributed by atoms with Crippen molar-refractivity contribution in [3.63, 3.8) is 0 Å². The molecule has 0 spiro atoms. The molecule has 0 aliphatic heterocycles. The normalized spacial score (nSPS) is 9.88. The minimum absolute atomic E-state index is 0.00685. The quantitative estimate of drug-likeness (QED) is 0.690. The van der Waals surface area contributed by atoms with Gasteiger partial charge in [-0.05, 0) is 31.2 Å². The van der Waals surface area contributed by atoms with Crippen LogP contribution in [0.4, 0.5) is 0 Å². The molecule has 1 aromatic carbocycles. The summed E-state index contributed by atoms with van der Waals surface area (Å²) in [6.45, 7) is 2.94. The van der Waals surface area contributed by atoms with Crippen LogP contribution in [0.1, 0.15) is 13.3 Å². The van der Waals surface area contributed by atoms with E-state index in [9.17, 15) is 4.79 Å². The Kier molecular flexibility index (Phi) is 5.72. The van der Waals surface area contributed by atoms with Crippen LogP contribution in [0.5, 0.6) is 11.5 Å². The second-order valence-electron chi connectivity index (χ2n) is 3.18. The summed E-state index contributed by atoms with van der Waals surface area (Å²) >= 11 is 5.37. The van der Waals surface area contributed by atoms with E-state index >= 15 is 0 Å². The topological polar surface area (TPSA) is 35.5 Å². The Balaban J connectivity index is 2.34. The molecule has 88 valence electrons. The molecule has 0 saturated carbocycles. The van der Waals surface area contributed by atoms with Gasteiger partial charge in [0.2, 0.25) is 0 Å². The minimum Gasteiger partial charge on any atom is -0.494 e. The summed E-state index contributed by atoms with van der Waals surface area (Å²) in [6, 6.07) is 7.30. The summed E-state index contributed by atoms with van der Waals surface area (Å²) in [5.74, 6) is 1.58. The third-order valence-corrected chi connectivity index (χ3v) is 2.23. The molecule has 4 heteroatoms. The maximum atomic E-state index is 10.9. The third kappa shape index (κ3) is 4.53. The summed E-state index contributed by atoms with van der Waals surface area (Å²) in [6.07, 6.45) is 0.344. The van der Waals surface area contributed by atoms with Crippen molar-refractivity contribution in [3.8, 4) is 11.5 Å². The molecule has 16 heavy (non-hydrogen) atoms. The van der Waals surface area contributed by atoms with Crippen molar-refractivity contribution in [3.05, 3.63) is 24.3 Å². The van der Waals surface area contributed by atoms with Crippen molar-refractivity contribution in [2.24, 2.45) is 0 Å². The number of hydrogen-bond acceptors (Lipinski definition) is 3. The highest BCUT2D eigenvalue weighted by Crippen LogP contribution is 2.17. The van der Waals surface area contributed by atoms with Crippen molar-refractivity contribution in [2.75, 3.05) is 19.1 Å². The van der Waals surface area contributed by atoms with E-state index in [2.05, 4.69) is 0 Å². The van der Waals surface area contributed by atoms with Gasteiger partial charge in [-0.15, -0.1) is 11.6 Å². The second kappa shape index (κ2) is 7.12. The van der Waals surface area contributed by atoms with E-state index in [-0.39, 0.29) is 11.7 Å². The van der Waals surface area contributed by atoms with Gasteiger partial charge in [-0.1, -0.05) is 0 Å². The Morgan fingerprint density at radius 2 is 1.75 bits per heavy atom. The molecule has 0 N–H and O–H groups in total. The fourth-order valence-corrected chi connectivity index (χ4v) is 1.28. The van der Waals surface area contributed by atoms with Gasteiger partial charge in [0, 0.05) is 6.42 Å². The molecule has 3 nitrogen and oxygen atoms in total. The molecule has 0 fully saturated rings. The van der Waals surface area contributed by atoms with Crippen molar-refractivity contribution < 1.29 is 14.3 Å². The summed E-state index contributed by atoms with van der Waals surface area (Å²) < 4.78 is 10.7. The molecule has 0 radical (unpaired) electrons. The van der Waals surface area contributed by atoms with Crippen LogP contribution in [0, 0.1) is 0 Å². The zero-order valence-corrected chi connectivity index (χ0v) is 10.00. The molecule has 0 aliphatic rings. The van der Waals surface area contributed by atoms with Gasteiger partial charge in [-0.2, -0.15) is 0 Å². The Bertz CT molecular complexity index is 322. The fraction of sp³-hybridized carbons (Fsp3) is 0.417. The zero-order valence-electron chi connectivity index (χ0n) is 9.24. The second-order valence-corrected chi connectivity index (χ2v) is 3.44. The summed E-state index contributed by atoms with van der Waals surface area (Å²) in [5, 5.41) is 0. The highest BCUT2D eigenvalue weighted by Gasteiger charge is 2.00. The van der Waals surface area contributed by atoms with Crippen LogP contribution in [0.2, 0.25) is 0 Å². The van der Waals surface area contributed by atoms with Crippen LogP contribution in [-0.2, 0) is 4.79 Å². The monoisotopic (exact) mass is 242 g/mol. The predicted molar refractivity (Wildman–Crippen MR) is 63.5 cm³/mol. The standard InChI is InChI=1S/C12H15ClO3/c1-2-15-11-3-5-12(6-4-11)16-8-7-10(14)9-13/h3-6H,2,7-9H2,1H3. The summed E-state index contributed by atoms with van der Waals surface area (Å²) in [4.78, 5) is 10.9. The first-order valence-corrected chi connectivity index (χ1v) is 5.73. The lowest BCUT2D eigenvalue weighted by atomic mass is 10.3. The number of alkyl halides is 1. The average molecular weight is 243 g/mol. The lowest BCUT2D eigenvalue weighted by Gasteiger charge is -2.06. The molecule has 0 saturated heterocycles. The third-order valence-electron chi connectivity index (χ3n) is 1.93. The van der Waals surface area contributed by atoms with Gasteiger partial charge in [-0.3, -0.25) is 4.79 Å². The van der Waals surface area contributed by atoms with Crippen LogP contribution in [-0.4, -0.2) is 24.9 Å². The van der Waals surface area contributed by atoms with Gasteiger partial charge < -0.3 is 9.47 Å². The van der Waals surface area contributed by atoms with Gasteiger partial charge in [0.25, 0.3) is 0 Å². The van der Waals surface area contributed by atoms with Gasteiger partial charge in [-0.25, -0.2) is 0 Å². The number of carbonyl (C=O) groups excluding carboxylic acids is 1. The van der Waals surface area contributed by atoms with E-state index in [1.807, 2.05) is 31.2 Å². The number of rotatable bonds is 7. The van der Waals surface area contributed by atoms with Crippen LogP contribution in [0.3, 0.4) is 0 Å². The maximum absolute atomic E-state index is 10.9. The van der Waals surface area contributed by atoms with Crippen LogP contribution < -0.4 is 9.47 Å². The molecular formula is C12H15ClO3. The van der Waals surface area contributed by atoms with E-state index < -0.39 is 0 Å². The lowest BCUT2D eigenvalue weighted by Crippen LogP contribution is -2.06. The zero-order chi connectivity index (χ0) is 11.8. The van der Waals surface area contributed by atoms with Gasteiger partial charge in [0.15, 0.2) is 5.78 Å². The van der Waals surface area contributed by atoms with Crippen molar-refractivity contribution >= 4 is 17.4 Å². The van der Waals surface area contributed by atoms with E-state index in [0.29, 0.717) is 19.6 Å². The van der Waals surface area contributed by atoms with Gasteiger partial charge in [0.05, 0.1) is 19.1 Å². The molecule has 0 unspecified atom stereocenters. The first-order chi connectivity index (χ1) is 7.76. The number of carbonyl (C=O) groups is 1. The number of ether oxygens (including phenoxy) is 2. The van der Waals surface area contributed by atoms with Crippen LogP contribution >= 0.6 is 11.6 Å². The predicted octanol–water partition coefficient (Wildman–Crippen LogP) is 2.66. The van der Waals surface area contributed by atoms with Crippen molar-refractivity contribution in [2.45, 2.75) is 13.3 Å². The average Bonchev–Trinajstić information content (AvgIpc) is 2.31. The largest absolute Gasteiger partial charge is 0.494 e. The highest BCUT2D eigenvalue weighted by molar-refractivity contribution is 6.27.